The number of halogens is 3. The van der Waals surface area contributed by atoms with E-state index in [0.717, 1.165) is 19.4 Å². The topological polar surface area (TPSA) is 24.9 Å². The third kappa shape index (κ3) is 4.27. The molecular formula is C14H13Cl3N2. The highest BCUT2D eigenvalue weighted by atomic mass is 35.5. The lowest BCUT2D eigenvalue weighted by Crippen LogP contribution is -2.05. The van der Waals surface area contributed by atoms with E-state index in [1.165, 1.54) is 5.56 Å². The fraction of sp³-hybridized carbons (Fsp3) is 0.214. The number of nitrogens with one attached hydrogen (secondary N) is 1. The monoisotopic (exact) mass is 314 g/mol. The number of aryl methyl sites for hydroxylation is 1. The van der Waals surface area contributed by atoms with Gasteiger partial charge in [0.15, 0.2) is 0 Å². The zero-order valence-electron chi connectivity index (χ0n) is 10.2. The molecule has 0 radical (unpaired) electrons. The standard InChI is InChI=1S/C14H13Cl3N2/c15-11-9-12(16)14(19-13(11)17)18-8-4-7-10-5-2-1-3-6-10/h1-3,5-6,9H,4,7-8H2,(H,18,19). The van der Waals surface area contributed by atoms with Crippen molar-refractivity contribution in [1.82, 2.24) is 4.98 Å². The summed E-state index contributed by atoms with van der Waals surface area (Å²) in [6.07, 6.45) is 2.00. The molecule has 0 atom stereocenters. The van der Waals surface area contributed by atoms with E-state index in [1.54, 1.807) is 6.07 Å². The third-order valence-electron chi connectivity index (χ3n) is 2.66. The Hall–Kier alpha value is -0.960. The van der Waals surface area contributed by atoms with Gasteiger partial charge in [-0.1, -0.05) is 65.1 Å². The molecule has 0 fully saturated rings. The first kappa shape index (κ1) is 14.4. The van der Waals surface area contributed by atoms with Crippen LogP contribution >= 0.6 is 34.8 Å². The van der Waals surface area contributed by atoms with E-state index in [0.29, 0.717) is 15.9 Å². The highest BCUT2D eigenvalue weighted by molar-refractivity contribution is 6.42. The Kier molecular flexibility index (Phi) is 5.32. The lowest BCUT2D eigenvalue weighted by Gasteiger charge is -2.08. The van der Waals surface area contributed by atoms with Crippen LogP contribution in [0.25, 0.3) is 0 Å². The first-order chi connectivity index (χ1) is 9.16. The quantitative estimate of drug-likeness (QED) is 0.614. The highest BCUT2D eigenvalue weighted by Crippen LogP contribution is 2.28. The van der Waals surface area contributed by atoms with Crippen molar-refractivity contribution in [3.63, 3.8) is 0 Å². The van der Waals surface area contributed by atoms with Crippen molar-refractivity contribution in [2.45, 2.75) is 12.8 Å². The Bertz CT molecular complexity index is 544. The third-order valence-corrected chi connectivity index (χ3v) is 3.63. The molecule has 5 heteroatoms. The first-order valence-corrected chi connectivity index (χ1v) is 7.09. The van der Waals surface area contributed by atoms with Gasteiger partial charge in [-0.2, -0.15) is 0 Å². The average molecular weight is 316 g/mol. The molecule has 1 N–H and O–H groups in total. The second-order valence-electron chi connectivity index (χ2n) is 4.11. The smallest absolute Gasteiger partial charge is 0.150 e. The summed E-state index contributed by atoms with van der Waals surface area (Å²) in [7, 11) is 0. The fourth-order valence-corrected chi connectivity index (χ4v) is 2.28. The summed E-state index contributed by atoms with van der Waals surface area (Å²) in [5, 5.41) is 4.27. The summed E-state index contributed by atoms with van der Waals surface area (Å²) in [4.78, 5) is 4.11. The van der Waals surface area contributed by atoms with E-state index in [1.807, 2.05) is 18.2 Å². The van der Waals surface area contributed by atoms with Crippen LogP contribution in [0.15, 0.2) is 36.4 Å². The van der Waals surface area contributed by atoms with Crippen molar-refractivity contribution in [1.29, 1.82) is 0 Å². The molecule has 1 heterocycles. The lowest BCUT2D eigenvalue weighted by atomic mass is 10.1. The Morgan fingerprint density at radius 3 is 2.47 bits per heavy atom. The summed E-state index contributed by atoms with van der Waals surface area (Å²) >= 11 is 17.7. The Balaban J connectivity index is 1.85. The molecule has 0 aliphatic carbocycles. The minimum absolute atomic E-state index is 0.261. The summed E-state index contributed by atoms with van der Waals surface area (Å²) in [6.45, 7) is 0.777. The molecule has 1 aromatic carbocycles. The Morgan fingerprint density at radius 2 is 1.74 bits per heavy atom. The largest absolute Gasteiger partial charge is 0.369 e. The van der Waals surface area contributed by atoms with E-state index in [-0.39, 0.29) is 5.15 Å². The molecule has 0 unspecified atom stereocenters. The van der Waals surface area contributed by atoms with Crippen molar-refractivity contribution < 1.29 is 0 Å². The van der Waals surface area contributed by atoms with Crippen LogP contribution in [0.4, 0.5) is 5.82 Å². The molecule has 2 aromatic rings. The molecule has 2 rings (SSSR count). The fourth-order valence-electron chi connectivity index (χ4n) is 1.71. The molecule has 0 bridgehead atoms. The Morgan fingerprint density at radius 1 is 1.00 bits per heavy atom. The van der Waals surface area contributed by atoms with Crippen LogP contribution in [0.2, 0.25) is 15.2 Å². The molecule has 0 aliphatic heterocycles. The maximum atomic E-state index is 6.03. The van der Waals surface area contributed by atoms with Crippen molar-refractivity contribution in [3.8, 4) is 0 Å². The van der Waals surface area contributed by atoms with Crippen LogP contribution < -0.4 is 5.32 Å². The van der Waals surface area contributed by atoms with Gasteiger partial charge in [-0.3, -0.25) is 0 Å². The van der Waals surface area contributed by atoms with Gasteiger partial charge in [0, 0.05) is 6.54 Å². The van der Waals surface area contributed by atoms with Crippen molar-refractivity contribution in [2.24, 2.45) is 0 Å². The molecule has 0 saturated heterocycles. The van der Waals surface area contributed by atoms with Gasteiger partial charge in [0.1, 0.15) is 11.0 Å². The summed E-state index contributed by atoms with van der Waals surface area (Å²) in [5.74, 6) is 0.573. The van der Waals surface area contributed by atoms with Crippen LogP contribution in [0.5, 0.6) is 0 Å². The van der Waals surface area contributed by atoms with Gasteiger partial charge in [0.2, 0.25) is 0 Å². The molecule has 0 aliphatic rings. The predicted octanol–water partition coefficient (Wildman–Crippen LogP) is 5.09. The number of nitrogens with zero attached hydrogens (tertiary/aromatic N) is 1. The maximum absolute atomic E-state index is 6.03. The van der Waals surface area contributed by atoms with E-state index >= 15 is 0 Å². The van der Waals surface area contributed by atoms with Crippen LogP contribution in [-0.2, 0) is 6.42 Å². The van der Waals surface area contributed by atoms with Gasteiger partial charge >= 0.3 is 0 Å². The number of rotatable bonds is 5. The number of pyridine rings is 1. The van der Waals surface area contributed by atoms with Crippen LogP contribution in [0.3, 0.4) is 0 Å². The zero-order valence-corrected chi connectivity index (χ0v) is 12.4. The molecule has 1 aromatic heterocycles. The van der Waals surface area contributed by atoms with E-state index in [4.69, 9.17) is 34.8 Å². The average Bonchev–Trinajstić information content (AvgIpc) is 2.41. The van der Waals surface area contributed by atoms with Gasteiger partial charge in [0.05, 0.1) is 10.0 Å². The lowest BCUT2D eigenvalue weighted by molar-refractivity contribution is 0.859. The van der Waals surface area contributed by atoms with E-state index in [2.05, 4.69) is 22.4 Å². The SMILES string of the molecule is Clc1cc(Cl)c(NCCCc2ccccc2)nc1Cl. The van der Waals surface area contributed by atoms with E-state index < -0.39 is 0 Å². The maximum Gasteiger partial charge on any atom is 0.150 e. The summed E-state index contributed by atoms with van der Waals surface area (Å²) in [6, 6.07) is 11.9. The highest BCUT2D eigenvalue weighted by Gasteiger charge is 2.06. The van der Waals surface area contributed by atoms with Gasteiger partial charge in [-0.15, -0.1) is 0 Å². The molecule has 0 spiro atoms. The molecule has 0 amide bonds. The van der Waals surface area contributed by atoms with Gasteiger partial charge in [-0.25, -0.2) is 4.98 Å². The van der Waals surface area contributed by atoms with Gasteiger partial charge < -0.3 is 5.32 Å². The molecule has 0 saturated carbocycles. The van der Waals surface area contributed by atoms with Gasteiger partial charge in [0.25, 0.3) is 0 Å². The Labute approximate surface area is 127 Å². The summed E-state index contributed by atoms with van der Waals surface area (Å²) < 4.78 is 0. The number of anilines is 1. The molecule has 100 valence electrons. The molecular weight excluding hydrogens is 303 g/mol. The second-order valence-corrected chi connectivity index (χ2v) is 5.28. The number of hydrogen-bond donors (Lipinski definition) is 1. The normalized spacial score (nSPS) is 10.5. The number of hydrogen-bond acceptors (Lipinski definition) is 2. The molecule has 19 heavy (non-hydrogen) atoms. The van der Waals surface area contributed by atoms with Gasteiger partial charge in [-0.05, 0) is 24.5 Å². The van der Waals surface area contributed by atoms with Crippen LogP contribution in [-0.4, -0.2) is 11.5 Å². The summed E-state index contributed by atoms with van der Waals surface area (Å²) in [5.41, 5.74) is 1.32. The van der Waals surface area contributed by atoms with Crippen LogP contribution in [0.1, 0.15) is 12.0 Å². The minimum atomic E-state index is 0.261. The predicted molar refractivity (Wildman–Crippen MR) is 82.5 cm³/mol. The minimum Gasteiger partial charge on any atom is -0.369 e. The van der Waals surface area contributed by atoms with Crippen molar-refractivity contribution in [2.75, 3.05) is 11.9 Å². The first-order valence-electron chi connectivity index (χ1n) is 5.96. The van der Waals surface area contributed by atoms with Crippen molar-refractivity contribution in [3.05, 3.63) is 57.2 Å². The molecule has 2 nitrogen and oxygen atoms in total. The van der Waals surface area contributed by atoms with E-state index in [9.17, 15) is 0 Å². The van der Waals surface area contributed by atoms with Crippen molar-refractivity contribution >= 4 is 40.6 Å². The number of aromatic nitrogens is 1. The zero-order chi connectivity index (χ0) is 13.7. The number of benzene rings is 1. The van der Waals surface area contributed by atoms with Crippen LogP contribution in [0, 0.1) is 0 Å². The second kappa shape index (κ2) is 6.99.